The Balaban J connectivity index is 1.58. The molecule has 3 rings (SSSR count). The zero-order chi connectivity index (χ0) is 16.8. The van der Waals surface area contributed by atoms with Gasteiger partial charge in [-0.3, -0.25) is 0 Å². The molecule has 0 spiro atoms. The molecule has 1 aliphatic rings. The average molecular weight is 347 g/mol. The summed E-state index contributed by atoms with van der Waals surface area (Å²) in [7, 11) is 0. The lowest BCUT2D eigenvalue weighted by atomic mass is 10.1. The van der Waals surface area contributed by atoms with Crippen molar-refractivity contribution in [3.8, 4) is 11.3 Å². The molecule has 0 atom stereocenters. The molecule has 0 radical (unpaired) electrons. The number of aromatic nitrogens is 2. The van der Waals surface area contributed by atoms with E-state index in [0.717, 1.165) is 17.1 Å². The van der Waals surface area contributed by atoms with Gasteiger partial charge >= 0.3 is 6.09 Å². The molecule has 1 saturated heterocycles. The minimum absolute atomic E-state index is 0.243. The van der Waals surface area contributed by atoms with Crippen molar-refractivity contribution in [2.24, 2.45) is 0 Å². The quantitative estimate of drug-likeness (QED) is 0.796. The van der Waals surface area contributed by atoms with Crippen LogP contribution >= 0.6 is 11.6 Å². The number of piperazine rings is 1. The molecule has 6 nitrogen and oxygen atoms in total. The molecule has 1 aromatic heterocycles. The fourth-order valence-corrected chi connectivity index (χ4v) is 2.67. The molecule has 1 aromatic carbocycles. The first kappa shape index (κ1) is 16.5. The van der Waals surface area contributed by atoms with Crippen LogP contribution in [0, 0.1) is 0 Å². The van der Waals surface area contributed by atoms with Crippen molar-refractivity contribution in [3.63, 3.8) is 0 Å². The number of hydrogen-bond acceptors (Lipinski definition) is 5. The summed E-state index contributed by atoms with van der Waals surface area (Å²) in [6.45, 7) is 2.85. The third kappa shape index (κ3) is 3.94. The predicted molar refractivity (Wildman–Crippen MR) is 93.3 cm³/mol. The molecule has 0 saturated carbocycles. The van der Waals surface area contributed by atoms with Gasteiger partial charge < -0.3 is 14.5 Å². The summed E-state index contributed by atoms with van der Waals surface area (Å²) in [5.74, 6) is 1.14. The van der Waals surface area contributed by atoms with Gasteiger partial charge in [0.05, 0.1) is 11.6 Å². The maximum Gasteiger partial charge on any atom is 0.409 e. The number of nitrogens with zero attached hydrogens (tertiary/aromatic N) is 4. The van der Waals surface area contributed by atoms with E-state index in [0.29, 0.717) is 32.1 Å². The Kier molecular flexibility index (Phi) is 5.48. The van der Waals surface area contributed by atoms with E-state index in [1.807, 2.05) is 42.5 Å². The van der Waals surface area contributed by atoms with Crippen molar-refractivity contribution < 1.29 is 9.53 Å². The maximum absolute atomic E-state index is 11.8. The Labute approximate surface area is 146 Å². The minimum atomic E-state index is -0.305. The lowest BCUT2D eigenvalue weighted by Gasteiger charge is -2.34. The number of hydrogen-bond donors (Lipinski definition) is 0. The first-order valence-electron chi connectivity index (χ1n) is 7.89. The SMILES string of the molecule is O=C(OCCCl)N1CCN(c2ccc(-c3ccccc3)nn2)CC1. The summed E-state index contributed by atoms with van der Waals surface area (Å²) in [4.78, 5) is 15.6. The molecule has 0 aliphatic carbocycles. The zero-order valence-corrected chi connectivity index (χ0v) is 14.0. The topological polar surface area (TPSA) is 58.6 Å². The molecule has 0 bridgehead atoms. The Bertz CT molecular complexity index is 658. The van der Waals surface area contributed by atoms with Gasteiger partial charge in [0.15, 0.2) is 5.82 Å². The molecule has 1 fully saturated rings. The van der Waals surface area contributed by atoms with Crippen molar-refractivity contribution >= 4 is 23.5 Å². The highest BCUT2D eigenvalue weighted by molar-refractivity contribution is 6.18. The fourth-order valence-electron chi connectivity index (χ4n) is 2.59. The van der Waals surface area contributed by atoms with E-state index < -0.39 is 0 Å². The van der Waals surface area contributed by atoms with Crippen LogP contribution in [0.5, 0.6) is 0 Å². The van der Waals surface area contributed by atoms with Crippen LogP contribution in [0.15, 0.2) is 42.5 Å². The molecule has 24 heavy (non-hydrogen) atoms. The van der Waals surface area contributed by atoms with Gasteiger partial charge in [-0.05, 0) is 12.1 Å². The van der Waals surface area contributed by atoms with Gasteiger partial charge in [-0.2, -0.15) is 0 Å². The van der Waals surface area contributed by atoms with Crippen LogP contribution in [0.2, 0.25) is 0 Å². The highest BCUT2D eigenvalue weighted by atomic mass is 35.5. The van der Waals surface area contributed by atoms with Crippen LogP contribution in [0.3, 0.4) is 0 Å². The molecular weight excluding hydrogens is 328 g/mol. The highest BCUT2D eigenvalue weighted by Crippen LogP contribution is 2.19. The number of amides is 1. The molecule has 7 heteroatoms. The van der Waals surface area contributed by atoms with Crippen LogP contribution in [-0.2, 0) is 4.74 Å². The Morgan fingerprint density at radius 2 is 1.79 bits per heavy atom. The van der Waals surface area contributed by atoms with Crippen molar-refractivity contribution in [3.05, 3.63) is 42.5 Å². The second-order valence-electron chi connectivity index (χ2n) is 5.42. The van der Waals surface area contributed by atoms with Crippen LogP contribution in [0.4, 0.5) is 10.6 Å². The number of ether oxygens (including phenoxy) is 1. The van der Waals surface area contributed by atoms with E-state index in [-0.39, 0.29) is 12.7 Å². The van der Waals surface area contributed by atoms with Crippen LogP contribution in [-0.4, -0.2) is 59.9 Å². The summed E-state index contributed by atoms with van der Waals surface area (Å²) in [6, 6.07) is 13.9. The second-order valence-corrected chi connectivity index (χ2v) is 5.80. The smallest absolute Gasteiger partial charge is 0.409 e. The maximum atomic E-state index is 11.8. The molecule has 0 N–H and O–H groups in total. The lowest BCUT2D eigenvalue weighted by molar-refractivity contribution is 0.105. The predicted octanol–water partition coefficient (Wildman–Crippen LogP) is 2.64. The largest absolute Gasteiger partial charge is 0.448 e. The fraction of sp³-hybridized carbons (Fsp3) is 0.353. The van der Waals surface area contributed by atoms with E-state index in [2.05, 4.69) is 15.1 Å². The highest BCUT2D eigenvalue weighted by Gasteiger charge is 2.23. The van der Waals surface area contributed by atoms with E-state index in [1.165, 1.54) is 0 Å². The summed E-state index contributed by atoms with van der Waals surface area (Å²) < 4.78 is 5.04. The van der Waals surface area contributed by atoms with E-state index in [9.17, 15) is 4.79 Å². The Hall–Kier alpha value is -2.34. The second kappa shape index (κ2) is 7.97. The number of carbonyl (C=O) groups is 1. The molecule has 2 aromatic rings. The van der Waals surface area contributed by atoms with Gasteiger partial charge in [-0.1, -0.05) is 30.3 Å². The number of halogens is 1. The van der Waals surface area contributed by atoms with Gasteiger partial charge in [0.2, 0.25) is 0 Å². The monoisotopic (exact) mass is 346 g/mol. The standard InChI is InChI=1S/C17H19ClN4O2/c18-8-13-24-17(23)22-11-9-21(10-12-22)16-7-6-15(19-20-16)14-4-2-1-3-5-14/h1-7H,8-13H2. The summed E-state index contributed by atoms with van der Waals surface area (Å²) >= 11 is 5.53. The molecule has 2 heterocycles. The van der Waals surface area contributed by atoms with Gasteiger partial charge in [0, 0.05) is 31.7 Å². The van der Waals surface area contributed by atoms with Crippen LogP contribution < -0.4 is 4.90 Å². The van der Waals surface area contributed by atoms with Gasteiger partial charge in [-0.25, -0.2) is 4.79 Å². The van der Waals surface area contributed by atoms with Crippen LogP contribution in [0.1, 0.15) is 0 Å². The number of alkyl halides is 1. The number of carbonyl (C=O) groups excluding carboxylic acids is 1. The summed E-state index contributed by atoms with van der Waals surface area (Å²) in [5, 5.41) is 8.63. The number of anilines is 1. The lowest BCUT2D eigenvalue weighted by Crippen LogP contribution is -2.49. The molecule has 1 amide bonds. The Morgan fingerprint density at radius 3 is 2.42 bits per heavy atom. The van der Waals surface area contributed by atoms with Crippen molar-refractivity contribution in [1.29, 1.82) is 0 Å². The minimum Gasteiger partial charge on any atom is -0.448 e. The average Bonchev–Trinajstić information content (AvgIpc) is 2.67. The first-order chi connectivity index (χ1) is 11.8. The summed E-state index contributed by atoms with van der Waals surface area (Å²) in [6.07, 6.45) is -0.305. The van der Waals surface area contributed by atoms with Crippen LogP contribution in [0.25, 0.3) is 11.3 Å². The van der Waals surface area contributed by atoms with E-state index in [4.69, 9.17) is 16.3 Å². The Morgan fingerprint density at radius 1 is 1.04 bits per heavy atom. The number of rotatable bonds is 4. The van der Waals surface area contributed by atoms with Crippen molar-refractivity contribution in [2.45, 2.75) is 0 Å². The first-order valence-corrected chi connectivity index (χ1v) is 8.43. The van der Waals surface area contributed by atoms with E-state index in [1.54, 1.807) is 4.90 Å². The number of benzene rings is 1. The summed E-state index contributed by atoms with van der Waals surface area (Å²) in [5.41, 5.74) is 1.89. The molecule has 1 aliphatic heterocycles. The van der Waals surface area contributed by atoms with Crippen molar-refractivity contribution in [2.75, 3.05) is 43.6 Å². The third-order valence-electron chi connectivity index (χ3n) is 3.88. The third-order valence-corrected chi connectivity index (χ3v) is 4.04. The van der Waals surface area contributed by atoms with Crippen molar-refractivity contribution in [1.82, 2.24) is 15.1 Å². The van der Waals surface area contributed by atoms with Gasteiger partial charge in [-0.15, -0.1) is 21.8 Å². The van der Waals surface area contributed by atoms with Gasteiger partial charge in [0.1, 0.15) is 6.61 Å². The molecule has 0 unspecified atom stereocenters. The zero-order valence-electron chi connectivity index (χ0n) is 13.3. The van der Waals surface area contributed by atoms with E-state index >= 15 is 0 Å². The molecular formula is C17H19ClN4O2. The van der Waals surface area contributed by atoms with Gasteiger partial charge in [0.25, 0.3) is 0 Å². The molecule has 126 valence electrons. The normalized spacial score (nSPS) is 14.5.